The van der Waals surface area contributed by atoms with Gasteiger partial charge in [0, 0.05) is 25.6 Å². The van der Waals surface area contributed by atoms with Crippen molar-refractivity contribution in [3.05, 3.63) is 64.7 Å². The molecule has 3 rings (SSSR count). The van der Waals surface area contributed by atoms with Gasteiger partial charge < -0.3 is 15.0 Å². The summed E-state index contributed by atoms with van der Waals surface area (Å²) in [4.78, 5) is 26.9. The molecule has 5 nitrogen and oxygen atoms in total. The molecule has 33 heavy (non-hydrogen) atoms. The molecule has 5 heteroatoms. The van der Waals surface area contributed by atoms with Gasteiger partial charge in [-0.2, -0.15) is 0 Å². The molecule has 1 aliphatic rings. The van der Waals surface area contributed by atoms with Crippen molar-refractivity contribution in [2.45, 2.75) is 71.8 Å². The van der Waals surface area contributed by atoms with Crippen molar-refractivity contribution in [3.63, 3.8) is 0 Å². The first-order valence-electron chi connectivity index (χ1n) is 12.0. The third kappa shape index (κ3) is 7.34. The van der Waals surface area contributed by atoms with E-state index in [1.165, 1.54) is 16.7 Å². The first-order valence-corrected chi connectivity index (χ1v) is 12.0. The molecule has 1 saturated heterocycles. The van der Waals surface area contributed by atoms with E-state index < -0.39 is 0 Å². The maximum Gasteiger partial charge on any atom is 0.260 e. The molecular weight excluding hydrogens is 412 g/mol. The molecule has 2 aromatic rings. The lowest BCUT2D eigenvalue weighted by Crippen LogP contribution is -2.47. The third-order valence-corrected chi connectivity index (χ3v) is 6.27. The van der Waals surface area contributed by atoms with E-state index in [2.05, 4.69) is 70.3 Å². The zero-order valence-electron chi connectivity index (χ0n) is 20.7. The maximum atomic E-state index is 12.7. The van der Waals surface area contributed by atoms with E-state index in [-0.39, 0.29) is 29.9 Å². The Bertz CT molecular complexity index is 952. The van der Waals surface area contributed by atoms with Gasteiger partial charge >= 0.3 is 0 Å². The van der Waals surface area contributed by atoms with Crippen LogP contribution in [0.2, 0.25) is 0 Å². The van der Waals surface area contributed by atoms with Gasteiger partial charge in [-0.05, 0) is 55.7 Å². The highest BCUT2D eigenvalue weighted by Gasteiger charge is 2.25. The second-order valence-electron chi connectivity index (χ2n) is 10.2. The summed E-state index contributed by atoms with van der Waals surface area (Å²) < 4.78 is 5.95. The van der Waals surface area contributed by atoms with Gasteiger partial charge in [-0.3, -0.25) is 9.59 Å². The first kappa shape index (κ1) is 24.8. The van der Waals surface area contributed by atoms with Gasteiger partial charge in [0.15, 0.2) is 6.61 Å². The minimum atomic E-state index is -0.0552. The lowest BCUT2D eigenvalue weighted by atomic mass is 9.85. The number of hydrogen-bond acceptors (Lipinski definition) is 3. The highest BCUT2D eigenvalue weighted by atomic mass is 16.5. The highest BCUT2D eigenvalue weighted by molar-refractivity contribution is 5.78. The summed E-state index contributed by atoms with van der Waals surface area (Å²) in [5, 5.41) is 3.14. The van der Waals surface area contributed by atoms with Gasteiger partial charge in [0.05, 0.1) is 0 Å². The van der Waals surface area contributed by atoms with Crippen molar-refractivity contribution in [3.8, 4) is 5.75 Å². The van der Waals surface area contributed by atoms with Crippen molar-refractivity contribution in [2.75, 3.05) is 19.7 Å². The summed E-state index contributed by atoms with van der Waals surface area (Å²) in [6.45, 7) is 11.9. The van der Waals surface area contributed by atoms with Gasteiger partial charge in [0.2, 0.25) is 5.91 Å². The fourth-order valence-electron chi connectivity index (χ4n) is 4.17. The van der Waals surface area contributed by atoms with Crippen LogP contribution in [0.4, 0.5) is 0 Å². The number of carbonyl (C=O) groups is 2. The maximum absolute atomic E-state index is 12.7. The Morgan fingerprint density at radius 2 is 1.64 bits per heavy atom. The fraction of sp³-hybridized carbons (Fsp3) is 0.500. The molecule has 0 saturated carbocycles. The number of likely N-dealkylation sites (tertiary alicyclic amines) is 1. The van der Waals surface area contributed by atoms with Gasteiger partial charge in [-0.1, -0.05) is 68.3 Å². The molecule has 1 N–H and O–H groups in total. The number of benzene rings is 2. The van der Waals surface area contributed by atoms with Crippen LogP contribution in [0.5, 0.6) is 5.75 Å². The highest BCUT2D eigenvalue weighted by Crippen LogP contribution is 2.32. The molecule has 0 aliphatic carbocycles. The van der Waals surface area contributed by atoms with E-state index in [1.54, 1.807) is 0 Å². The number of ether oxygens (including phenoxy) is 1. The quantitative estimate of drug-likeness (QED) is 0.664. The van der Waals surface area contributed by atoms with Crippen molar-refractivity contribution in [1.29, 1.82) is 0 Å². The minimum absolute atomic E-state index is 0.000387. The average Bonchev–Trinajstić information content (AvgIpc) is 2.77. The van der Waals surface area contributed by atoms with E-state index >= 15 is 0 Å². The van der Waals surface area contributed by atoms with Crippen LogP contribution in [-0.4, -0.2) is 42.5 Å². The molecule has 1 fully saturated rings. The number of aryl methyl sites for hydroxylation is 3. The number of rotatable bonds is 7. The van der Waals surface area contributed by atoms with Gasteiger partial charge in [0.25, 0.3) is 5.91 Å². The summed E-state index contributed by atoms with van der Waals surface area (Å²) in [5.41, 5.74) is 4.65. The summed E-state index contributed by atoms with van der Waals surface area (Å²) in [6.07, 6.45) is 2.79. The standard InChI is InChI=1S/C28H38N2O3/c1-20-6-9-22(10-7-20)11-13-26(31)29-23-14-16-30(17-15-23)27(32)19-33-25-12-8-21(2)18-24(25)28(3,4)5/h6-10,12,18,23H,11,13-17,19H2,1-5H3,(H,29,31). The smallest absolute Gasteiger partial charge is 0.260 e. The SMILES string of the molecule is Cc1ccc(CCC(=O)NC2CCN(C(=O)COc3ccc(C)cc3C(C)(C)C)CC2)cc1. The van der Waals surface area contributed by atoms with Crippen LogP contribution in [0.15, 0.2) is 42.5 Å². The fourth-order valence-corrected chi connectivity index (χ4v) is 4.17. The van der Waals surface area contributed by atoms with Crippen molar-refractivity contribution >= 4 is 11.8 Å². The van der Waals surface area contributed by atoms with Crippen LogP contribution in [0.3, 0.4) is 0 Å². The molecule has 0 atom stereocenters. The normalized spacial score (nSPS) is 14.8. The number of hydrogen-bond donors (Lipinski definition) is 1. The zero-order valence-corrected chi connectivity index (χ0v) is 20.7. The topological polar surface area (TPSA) is 58.6 Å². The van der Waals surface area contributed by atoms with Crippen LogP contribution in [0.1, 0.15) is 62.3 Å². The Hall–Kier alpha value is -2.82. The van der Waals surface area contributed by atoms with Crippen LogP contribution in [-0.2, 0) is 21.4 Å². The summed E-state index contributed by atoms with van der Waals surface area (Å²) in [5.74, 6) is 0.856. The Labute approximate surface area is 198 Å². The molecular formula is C28H38N2O3. The molecule has 1 aliphatic heterocycles. The number of amides is 2. The number of nitrogens with zero attached hydrogens (tertiary/aromatic N) is 1. The van der Waals surface area contributed by atoms with E-state index in [0.29, 0.717) is 19.5 Å². The molecule has 0 spiro atoms. The van der Waals surface area contributed by atoms with Crippen LogP contribution >= 0.6 is 0 Å². The van der Waals surface area contributed by atoms with E-state index in [1.807, 2.05) is 17.0 Å². The van der Waals surface area contributed by atoms with Gasteiger partial charge in [0.1, 0.15) is 5.75 Å². The number of nitrogens with one attached hydrogen (secondary N) is 1. The molecule has 0 radical (unpaired) electrons. The second kappa shape index (κ2) is 10.9. The summed E-state index contributed by atoms with van der Waals surface area (Å²) >= 11 is 0. The molecule has 2 amide bonds. The van der Waals surface area contributed by atoms with E-state index in [0.717, 1.165) is 30.6 Å². The third-order valence-electron chi connectivity index (χ3n) is 6.27. The monoisotopic (exact) mass is 450 g/mol. The van der Waals surface area contributed by atoms with Crippen LogP contribution in [0, 0.1) is 13.8 Å². The average molecular weight is 451 g/mol. The Morgan fingerprint density at radius 3 is 2.27 bits per heavy atom. The second-order valence-corrected chi connectivity index (χ2v) is 10.2. The van der Waals surface area contributed by atoms with Crippen molar-refractivity contribution in [1.82, 2.24) is 10.2 Å². The predicted molar refractivity (Wildman–Crippen MR) is 133 cm³/mol. The van der Waals surface area contributed by atoms with Crippen LogP contribution in [0.25, 0.3) is 0 Å². The largest absolute Gasteiger partial charge is 0.483 e. The summed E-state index contributed by atoms with van der Waals surface area (Å²) in [7, 11) is 0. The summed E-state index contributed by atoms with van der Waals surface area (Å²) in [6, 6.07) is 14.5. The Kier molecular flexibility index (Phi) is 8.17. The number of piperidine rings is 1. The lowest BCUT2D eigenvalue weighted by molar-refractivity contribution is -0.134. The van der Waals surface area contributed by atoms with E-state index in [4.69, 9.17) is 4.74 Å². The lowest BCUT2D eigenvalue weighted by Gasteiger charge is -2.32. The Morgan fingerprint density at radius 1 is 1.00 bits per heavy atom. The molecule has 0 aromatic heterocycles. The van der Waals surface area contributed by atoms with Crippen LogP contribution < -0.4 is 10.1 Å². The predicted octanol–water partition coefficient (Wildman–Crippen LogP) is 4.72. The molecule has 178 valence electrons. The Balaban J connectivity index is 1.42. The molecule has 2 aromatic carbocycles. The van der Waals surface area contributed by atoms with Crippen molar-refractivity contribution < 1.29 is 14.3 Å². The molecule has 0 unspecified atom stereocenters. The molecule has 1 heterocycles. The minimum Gasteiger partial charge on any atom is -0.483 e. The van der Waals surface area contributed by atoms with Crippen molar-refractivity contribution in [2.24, 2.45) is 0 Å². The number of carbonyl (C=O) groups excluding carboxylic acids is 2. The van der Waals surface area contributed by atoms with Gasteiger partial charge in [-0.15, -0.1) is 0 Å². The van der Waals surface area contributed by atoms with E-state index in [9.17, 15) is 9.59 Å². The zero-order chi connectivity index (χ0) is 24.0. The van der Waals surface area contributed by atoms with Gasteiger partial charge in [-0.25, -0.2) is 0 Å². The first-order chi connectivity index (χ1) is 15.6. The molecule has 0 bridgehead atoms.